The maximum absolute atomic E-state index is 13.1. The molecule has 0 radical (unpaired) electrons. The summed E-state index contributed by atoms with van der Waals surface area (Å²) in [5.74, 6) is 0.0120. The number of anilines is 1. The number of aromatic nitrogens is 1. The van der Waals surface area contributed by atoms with E-state index >= 15 is 0 Å². The number of amides is 1. The Labute approximate surface area is 193 Å². The normalized spacial score (nSPS) is 10.7. The van der Waals surface area contributed by atoms with Gasteiger partial charge in [0.1, 0.15) is 17.2 Å². The number of rotatable bonds is 6. The van der Waals surface area contributed by atoms with E-state index in [1.54, 1.807) is 30.3 Å². The van der Waals surface area contributed by atoms with Crippen LogP contribution in [-0.2, 0) is 0 Å². The Morgan fingerprint density at radius 2 is 1.53 bits per heavy atom. The Balaban J connectivity index is 1.72. The number of carbonyl (C=O) groups is 2. The lowest BCUT2D eigenvalue weighted by Crippen LogP contribution is -2.14. The molecule has 5 N–H and O–H groups in total. The van der Waals surface area contributed by atoms with Crippen LogP contribution in [-0.4, -0.2) is 16.7 Å². The molecule has 160 valence electrons. The SMILES string of the molecule is NC(=O)c1c(-c2ccc(Oc3ccccc3)cc2)[nH]c(C(=O)c2cc(Cl)ccc2Cl)c1N. The molecule has 32 heavy (non-hydrogen) atoms. The molecule has 1 aromatic heterocycles. The lowest BCUT2D eigenvalue weighted by Gasteiger charge is -2.07. The van der Waals surface area contributed by atoms with Crippen LogP contribution in [0.15, 0.2) is 72.8 Å². The Kier molecular flexibility index (Phi) is 5.90. The van der Waals surface area contributed by atoms with Crippen LogP contribution in [0.3, 0.4) is 0 Å². The maximum Gasteiger partial charge on any atom is 0.253 e. The Bertz CT molecular complexity index is 1320. The molecule has 0 aliphatic rings. The molecular weight excluding hydrogens is 449 g/mol. The zero-order valence-electron chi connectivity index (χ0n) is 16.6. The van der Waals surface area contributed by atoms with Crippen molar-refractivity contribution in [3.05, 3.63) is 99.7 Å². The Hall–Kier alpha value is -3.74. The van der Waals surface area contributed by atoms with Gasteiger partial charge in [0.25, 0.3) is 5.91 Å². The molecule has 0 saturated carbocycles. The monoisotopic (exact) mass is 465 g/mol. The first-order valence-electron chi connectivity index (χ1n) is 9.49. The minimum absolute atomic E-state index is 0.00239. The number of benzene rings is 3. The number of nitrogen functional groups attached to an aromatic ring is 1. The standard InChI is InChI=1S/C24H17Cl2N3O3/c25-14-8-11-18(26)17(12-14)23(30)22-20(27)19(24(28)31)21(29-22)13-6-9-16(10-7-13)32-15-4-2-1-3-5-15/h1-12,29H,27H2,(H2,28,31). The lowest BCUT2D eigenvalue weighted by molar-refractivity contribution is 0.100. The van der Waals surface area contributed by atoms with Gasteiger partial charge in [-0.15, -0.1) is 0 Å². The number of H-pyrrole nitrogens is 1. The first-order valence-corrected chi connectivity index (χ1v) is 10.2. The van der Waals surface area contributed by atoms with Crippen molar-refractivity contribution < 1.29 is 14.3 Å². The number of primary amides is 1. The van der Waals surface area contributed by atoms with Crippen LogP contribution in [0.25, 0.3) is 11.3 Å². The molecular formula is C24H17Cl2N3O3. The molecule has 6 nitrogen and oxygen atoms in total. The molecule has 3 aromatic carbocycles. The number of carbonyl (C=O) groups excluding carboxylic acids is 2. The summed E-state index contributed by atoms with van der Waals surface area (Å²) >= 11 is 12.2. The average molecular weight is 466 g/mol. The highest BCUT2D eigenvalue weighted by Crippen LogP contribution is 2.34. The van der Waals surface area contributed by atoms with Gasteiger partial charge in [-0.05, 0) is 60.2 Å². The highest BCUT2D eigenvalue weighted by molar-refractivity contribution is 6.37. The summed E-state index contributed by atoms with van der Waals surface area (Å²) in [6.07, 6.45) is 0. The van der Waals surface area contributed by atoms with Crippen molar-refractivity contribution in [2.24, 2.45) is 5.73 Å². The summed E-state index contributed by atoms with van der Waals surface area (Å²) < 4.78 is 5.79. The van der Waals surface area contributed by atoms with Gasteiger partial charge in [-0.1, -0.05) is 41.4 Å². The fourth-order valence-corrected chi connectivity index (χ4v) is 3.66. The van der Waals surface area contributed by atoms with Crippen molar-refractivity contribution in [1.82, 2.24) is 4.98 Å². The number of aromatic amines is 1. The van der Waals surface area contributed by atoms with E-state index in [2.05, 4.69) is 4.98 Å². The molecule has 1 heterocycles. The predicted molar refractivity (Wildman–Crippen MR) is 126 cm³/mol. The van der Waals surface area contributed by atoms with Crippen LogP contribution in [0.5, 0.6) is 11.5 Å². The molecule has 0 fully saturated rings. The summed E-state index contributed by atoms with van der Waals surface area (Å²) in [5.41, 5.74) is 12.8. The molecule has 8 heteroatoms. The highest BCUT2D eigenvalue weighted by atomic mass is 35.5. The Morgan fingerprint density at radius 1 is 0.875 bits per heavy atom. The van der Waals surface area contributed by atoms with E-state index in [0.29, 0.717) is 27.8 Å². The first-order chi connectivity index (χ1) is 15.3. The molecule has 0 aliphatic heterocycles. The molecule has 0 bridgehead atoms. The fraction of sp³-hybridized carbons (Fsp3) is 0. The van der Waals surface area contributed by atoms with Crippen LogP contribution in [0, 0.1) is 0 Å². The van der Waals surface area contributed by atoms with E-state index in [4.69, 9.17) is 39.4 Å². The van der Waals surface area contributed by atoms with Crippen LogP contribution in [0.2, 0.25) is 10.0 Å². The molecule has 1 amide bonds. The molecule has 0 spiro atoms. The number of halogens is 2. The minimum Gasteiger partial charge on any atom is -0.457 e. The van der Waals surface area contributed by atoms with Crippen molar-refractivity contribution in [1.29, 1.82) is 0 Å². The van der Waals surface area contributed by atoms with E-state index in [1.165, 1.54) is 12.1 Å². The number of nitrogens with two attached hydrogens (primary N) is 2. The van der Waals surface area contributed by atoms with Crippen molar-refractivity contribution in [2.75, 3.05) is 5.73 Å². The van der Waals surface area contributed by atoms with Crippen molar-refractivity contribution in [3.63, 3.8) is 0 Å². The fourth-order valence-electron chi connectivity index (χ4n) is 3.29. The third-order valence-corrected chi connectivity index (χ3v) is 5.37. The quantitative estimate of drug-likeness (QED) is 0.317. The van der Waals surface area contributed by atoms with Crippen molar-refractivity contribution in [3.8, 4) is 22.8 Å². The Morgan fingerprint density at radius 3 is 2.19 bits per heavy atom. The summed E-state index contributed by atoms with van der Waals surface area (Å²) in [5, 5.41) is 0.546. The second-order valence-electron chi connectivity index (χ2n) is 6.92. The summed E-state index contributed by atoms with van der Waals surface area (Å²) in [4.78, 5) is 28.2. The van der Waals surface area contributed by atoms with Crippen LogP contribution in [0.1, 0.15) is 26.4 Å². The van der Waals surface area contributed by atoms with Crippen molar-refractivity contribution in [2.45, 2.75) is 0 Å². The third-order valence-electron chi connectivity index (χ3n) is 4.81. The molecule has 4 aromatic rings. The van der Waals surface area contributed by atoms with Gasteiger partial charge in [0, 0.05) is 10.6 Å². The van der Waals surface area contributed by atoms with E-state index in [1.807, 2.05) is 30.3 Å². The van der Waals surface area contributed by atoms with E-state index in [9.17, 15) is 9.59 Å². The number of hydrogen-bond donors (Lipinski definition) is 3. The zero-order chi connectivity index (χ0) is 22.8. The van der Waals surface area contributed by atoms with Gasteiger partial charge in [0.15, 0.2) is 0 Å². The van der Waals surface area contributed by atoms with Gasteiger partial charge in [-0.3, -0.25) is 9.59 Å². The molecule has 0 unspecified atom stereocenters. The largest absolute Gasteiger partial charge is 0.457 e. The van der Waals surface area contributed by atoms with Gasteiger partial charge in [0.2, 0.25) is 5.78 Å². The number of nitrogens with one attached hydrogen (secondary N) is 1. The van der Waals surface area contributed by atoms with Gasteiger partial charge in [-0.2, -0.15) is 0 Å². The summed E-state index contributed by atoms with van der Waals surface area (Å²) in [6.45, 7) is 0. The highest BCUT2D eigenvalue weighted by Gasteiger charge is 2.26. The summed E-state index contributed by atoms with van der Waals surface area (Å²) in [6, 6.07) is 20.8. The van der Waals surface area contributed by atoms with E-state index in [0.717, 1.165) is 0 Å². The topological polar surface area (TPSA) is 111 Å². The number of ketones is 1. The predicted octanol–water partition coefficient (Wildman–Crippen LogP) is 5.69. The number of para-hydroxylation sites is 1. The van der Waals surface area contributed by atoms with Gasteiger partial charge >= 0.3 is 0 Å². The minimum atomic E-state index is -0.769. The molecule has 0 aliphatic carbocycles. The smallest absolute Gasteiger partial charge is 0.253 e. The van der Waals surface area contributed by atoms with E-state index in [-0.39, 0.29) is 27.5 Å². The summed E-state index contributed by atoms with van der Waals surface area (Å²) in [7, 11) is 0. The molecule has 0 atom stereocenters. The van der Waals surface area contributed by atoms with Crippen LogP contribution in [0.4, 0.5) is 5.69 Å². The lowest BCUT2D eigenvalue weighted by atomic mass is 10.0. The number of hydrogen-bond acceptors (Lipinski definition) is 4. The zero-order valence-corrected chi connectivity index (χ0v) is 18.1. The van der Waals surface area contributed by atoms with Crippen LogP contribution < -0.4 is 16.2 Å². The second kappa shape index (κ2) is 8.78. The molecule has 4 rings (SSSR count). The van der Waals surface area contributed by atoms with Gasteiger partial charge in [-0.25, -0.2) is 0 Å². The maximum atomic E-state index is 13.1. The second-order valence-corrected chi connectivity index (χ2v) is 7.76. The average Bonchev–Trinajstić information content (AvgIpc) is 3.13. The molecule has 0 saturated heterocycles. The third kappa shape index (κ3) is 4.19. The number of ether oxygens (including phenoxy) is 1. The van der Waals surface area contributed by atoms with E-state index < -0.39 is 11.7 Å². The van der Waals surface area contributed by atoms with Gasteiger partial charge < -0.3 is 21.2 Å². The van der Waals surface area contributed by atoms with Gasteiger partial charge in [0.05, 0.1) is 22.0 Å². The van der Waals surface area contributed by atoms with Crippen molar-refractivity contribution >= 4 is 40.6 Å². The van der Waals surface area contributed by atoms with Crippen LogP contribution >= 0.6 is 23.2 Å². The first kappa shape index (κ1) is 21.5.